The van der Waals surface area contributed by atoms with E-state index in [0.29, 0.717) is 33.0 Å². The molecule has 0 saturated carbocycles. The standard InChI is InChI=1S/C33H27BrN8O4/c1-19-15-29(42(41-19)23-7-9-24(45-2)10-8-23)39-33(44)38-27-11-12-28(26-6-4-3-5-25(26)27)46-30-13-14-36-32(40-30)37-22-17-20(31(35)43)16-21(34)18-22/h3-18H,1-2H3,(H2,35,43)(H,36,37,40)(H2,38,39,44). The molecule has 230 valence electrons. The first-order valence-corrected chi connectivity index (χ1v) is 14.7. The summed E-state index contributed by atoms with van der Waals surface area (Å²) >= 11 is 3.38. The Bertz CT molecular complexity index is 2080. The van der Waals surface area contributed by atoms with E-state index < -0.39 is 11.9 Å². The second-order valence-electron chi connectivity index (χ2n) is 10.1. The quantitative estimate of drug-likeness (QED) is 0.125. The van der Waals surface area contributed by atoms with E-state index in [4.69, 9.17) is 15.2 Å². The zero-order valence-electron chi connectivity index (χ0n) is 24.6. The van der Waals surface area contributed by atoms with E-state index in [2.05, 4.69) is 46.9 Å². The van der Waals surface area contributed by atoms with Crippen LogP contribution in [0.1, 0.15) is 16.1 Å². The highest BCUT2D eigenvalue weighted by Gasteiger charge is 2.15. The Hall–Kier alpha value is -5.95. The van der Waals surface area contributed by atoms with Crippen molar-refractivity contribution in [2.24, 2.45) is 5.73 Å². The fraction of sp³-hybridized carbons (Fsp3) is 0.0606. The summed E-state index contributed by atoms with van der Waals surface area (Å²) in [5, 5.41) is 15.0. The normalized spacial score (nSPS) is 10.8. The second kappa shape index (κ2) is 13.0. The maximum absolute atomic E-state index is 13.2. The van der Waals surface area contributed by atoms with Crippen molar-refractivity contribution in [2.75, 3.05) is 23.1 Å². The second-order valence-corrected chi connectivity index (χ2v) is 11.0. The monoisotopic (exact) mass is 678 g/mol. The molecule has 46 heavy (non-hydrogen) atoms. The molecule has 0 saturated heterocycles. The number of nitrogens with one attached hydrogen (secondary N) is 3. The number of hydrogen-bond acceptors (Lipinski definition) is 8. The third kappa shape index (κ3) is 6.74. The Morgan fingerprint density at radius 1 is 0.913 bits per heavy atom. The number of amides is 3. The lowest BCUT2D eigenvalue weighted by molar-refractivity contribution is 0.1000. The summed E-state index contributed by atoms with van der Waals surface area (Å²) in [7, 11) is 1.60. The van der Waals surface area contributed by atoms with Gasteiger partial charge in [-0.25, -0.2) is 14.5 Å². The number of methoxy groups -OCH3 is 1. The summed E-state index contributed by atoms with van der Waals surface area (Å²) in [6.07, 6.45) is 1.55. The summed E-state index contributed by atoms with van der Waals surface area (Å²) in [4.78, 5) is 33.6. The number of nitrogens with two attached hydrogens (primary N) is 1. The molecule has 6 rings (SSSR count). The molecule has 2 aromatic heterocycles. The molecule has 3 amide bonds. The van der Waals surface area contributed by atoms with Crippen molar-refractivity contribution < 1.29 is 19.1 Å². The lowest BCUT2D eigenvalue weighted by Crippen LogP contribution is -2.21. The van der Waals surface area contributed by atoms with Crippen LogP contribution >= 0.6 is 15.9 Å². The predicted octanol–water partition coefficient (Wildman–Crippen LogP) is 7.17. The molecule has 2 heterocycles. The number of fused-ring (bicyclic) bond motifs is 1. The van der Waals surface area contributed by atoms with Crippen molar-refractivity contribution >= 4 is 61.8 Å². The molecule has 13 heteroatoms. The number of carbonyl (C=O) groups is 2. The molecule has 4 aromatic carbocycles. The van der Waals surface area contributed by atoms with Crippen LogP contribution < -0.4 is 31.2 Å². The summed E-state index contributed by atoms with van der Waals surface area (Å²) < 4.78 is 13.7. The maximum Gasteiger partial charge on any atom is 0.324 e. The van der Waals surface area contributed by atoms with Crippen LogP contribution in [0, 0.1) is 6.92 Å². The molecule has 0 spiro atoms. The summed E-state index contributed by atoms with van der Waals surface area (Å²) in [5.41, 5.74) is 8.43. The number of urea groups is 1. The van der Waals surface area contributed by atoms with Gasteiger partial charge in [-0.05, 0) is 61.5 Å². The first kappa shape index (κ1) is 30.1. The first-order valence-electron chi connectivity index (χ1n) is 13.9. The van der Waals surface area contributed by atoms with E-state index in [1.807, 2.05) is 55.5 Å². The number of benzene rings is 4. The number of hydrogen-bond donors (Lipinski definition) is 4. The van der Waals surface area contributed by atoms with Crippen LogP contribution in [0.25, 0.3) is 16.5 Å². The van der Waals surface area contributed by atoms with E-state index in [-0.39, 0.29) is 11.8 Å². The molecule has 0 unspecified atom stereocenters. The Morgan fingerprint density at radius 3 is 2.46 bits per heavy atom. The predicted molar refractivity (Wildman–Crippen MR) is 179 cm³/mol. The van der Waals surface area contributed by atoms with Gasteiger partial charge in [0, 0.05) is 44.8 Å². The molecular formula is C33H27BrN8O4. The third-order valence-corrected chi connectivity index (χ3v) is 7.26. The number of aromatic nitrogens is 4. The zero-order chi connectivity index (χ0) is 32.2. The Morgan fingerprint density at radius 2 is 1.70 bits per heavy atom. The van der Waals surface area contributed by atoms with Crippen LogP contribution in [0.15, 0.2) is 102 Å². The summed E-state index contributed by atoms with van der Waals surface area (Å²) in [5.74, 6) is 1.74. The molecule has 6 aromatic rings. The van der Waals surface area contributed by atoms with Gasteiger partial charge in [-0.2, -0.15) is 10.1 Å². The van der Waals surface area contributed by atoms with Crippen LogP contribution in [0.4, 0.5) is 27.9 Å². The maximum atomic E-state index is 13.2. The highest BCUT2D eigenvalue weighted by atomic mass is 79.9. The number of halogens is 1. The van der Waals surface area contributed by atoms with Gasteiger partial charge in [0.05, 0.1) is 24.2 Å². The summed E-state index contributed by atoms with van der Waals surface area (Å²) in [6, 6.07) is 26.4. The van der Waals surface area contributed by atoms with Gasteiger partial charge in [-0.1, -0.05) is 40.2 Å². The van der Waals surface area contributed by atoms with Crippen molar-refractivity contribution in [3.05, 3.63) is 113 Å². The fourth-order valence-electron chi connectivity index (χ4n) is 4.75. The highest BCUT2D eigenvalue weighted by Crippen LogP contribution is 2.34. The first-order chi connectivity index (χ1) is 22.2. The minimum absolute atomic E-state index is 0.259. The van der Waals surface area contributed by atoms with Crippen molar-refractivity contribution in [1.29, 1.82) is 0 Å². The van der Waals surface area contributed by atoms with Crippen molar-refractivity contribution in [3.8, 4) is 23.1 Å². The molecular weight excluding hydrogens is 652 g/mol. The molecule has 12 nitrogen and oxygen atoms in total. The van der Waals surface area contributed by atoms with Crippen molar-refractivity contribution in [1.82, 2.24) is 19.7 Å². The minimum atomic E-state index is -0.556. The van der Waals surface area contributed by atoms with Crippen LogP contribution in [-0.2, 0) is 0 Å². The van der Waals surface area contributed by atoms with Crippen LogP contribution in [0.2, 0.25) is 0 Å². The molecule has 0 bridgehead atoms. The number of ether oxygens (including phenoxy) is 2. The van der Waals surface area contributed by atoms with Gasteiger partial charge in [0.15, 0.2) is 0 Å². The van der Waals surface area contributed by atoms with E-state index in [1.54, 1.807) is 60.5 Å². The minimum Gasteiger partial charge on any atom is -0.497 e. The molecule has 5 N–H and O–H groups in total. The van der Waals surface area contributed by atoms with Crippen LogP contribution in [-0.4, -0.2) is 38.8 Å². The largest absolute Gasteiger partial charge is 0.497 e. The van der Waals surface area contributed by atoms with Gasteiger partial charge in [0.25, 0.3) is 0 Å². The smallest absolute Gasteiger partial charge is 0.324 e. The van der Waals surface area contributed by atoms with Gasteiger partial charge >= 0.3 is 6.03 Å². The Kier molecular flexibility index (Phi) is 8.48. The van der Waals surface area contributed by atoms with Crippen molar-refractivity contribution in [2.45, 2.75) is 6.92 Å². The van der Waals surface area contributed by atoms with Crippen molar-refractivity contribution in [3.63, 3.8) is 0 Å². The SMILES string of the molecule is COc1ccc(-n2nc(C)cc2NC(=O)Nc2ccc(Oc3ccnc(Nc4cc(Br)cc(C(N)=O)c4)n3)c3ccccc23)cc1. The molecule has 0 atom stereocenters. The Labute approximate surface area is 271 Å². The highest BCUT2D eigenvalue weighted by molar-refractivity contribution is 9.10. The molecule has 0 aliphatic heterocycles. The number of primary amides is 1. The summed E-state index contributed by atoms with van der Waals surface area (Å²) in [6.45, 7) is 1.85. The van der Waals surface area contributed by atoms with E-state index in [0.717, 1.165) is 27.9 Å². The number of nitrogens with zero attached hydrogens (tertiary/aromatic N) is 4. The van der Waals surface area contributed by atoms with E-state index in [1.165, 1.54) is 0 Å². The van der Waals surface area contributed by atoms with E-state index in [9.17, 15) is 9.59 Å². The number of anilines is 4. The third-order valence-electron chi connectivity index (χ3n) is 6.81. The topological polar surface area (TPSA) is 158 Å². The van der Waals surface area contributed by atoms with Crippen LogP contribution in [0.5, 0.6) is 17.4 Å². The molecule has 0 fully saturated rings. The number of rotatable bonds is 9. The fourth-order valence-corrected chi connectivity index (χ4v) is 5.25. The lowest BCUT2D eigenvalue weighted by Gasteiger charge is -2.14. The van der Waals surface area contributed by atoms with Gasteiger partial charge < -0.3 is 25.8 Å². The Balaban J connectivity index is 1.20. The molecule has 0 aliphatic carbocycles. The lowest BCUT2D eigenvalue weighted by atomic mass is 10.1. The molecule has 0 radical (unpaired) electrons. The average Bonchev–Trinajstić information content (AvgIpc) is 3.41. The van der Waals surface area contributed by atoms with Crippen LogP contribution in [0.3, 0.4) is 0 Å². The number of carbonyl (C=O) groups excluding carboxylic acids is 2. The average molecular weight is 680 g/mol. The van der Waals surface area contributed by atoms with Gasteiger partial charge in [-0.15, -0.1) is 0 Å². The van der Waals surface area contributed by atoms with E-state index >= 15 is 0 Å². The molecule has 0 aliphatic rings. The zero-order valence-corrected chi connectivity index (χ0v) is 26.2. The van der Waals surface area contributed by atoms with Gasteiger partial charge in [0.2, 0.25) is 17.7 Å². The van der Waals surface area contributed by atoms with Gasteiger partial charge in [-0.3, -0.25) is 10.1 Å². The number of aryl methyl sites for hydroxylation is 1. The van der Waals surface area contributed by atoms with Gasteiger partial charge in [0.1, 0.15) is 17.3 Å².